The SMILES string of the molecule is CC(C)NC(C)C.F[B-](F)(F)F. The van der Waals surface area contributed by atoms with Crippen LogP contribution in [0.4, 0.5) is 17.3 Å². The van der Waals surface area contributed by atoms with Gasteiger partial charge in [-0.2, -0.15) is 0 Å². The summed E-state index contributed by atoms with van der Waals surface area (Å²) in [4.78, 5) is 0. The molecule has 12 heavy (non-hydrogen) atoms. The van der Waals surface area contributed by atoms with Crippen molar-refractivity contribution in [2.45, 2.75) is 39.8 Å². The summed E-state index contributed by atoms with van der Waals surface area (Å²) in [6.07, 6.45) is 0. The maximum atomic E-state index is 9.75. The maximum Gasteiger partial charge on any atom is 0.673 e. The fourth-order valence-electron chi connectivity index (χ4n) is 0.667. The van der Waals surface area contributed by atoms with Crippen LogP contribution in [0.1, 0.15) is 27.7 Å². The van der Waals surface area contributed by atoms with E-state index in [1.54, 1.807) is 0 Å². The number of nitrogens with one attached hydrogen (secondary N) is 1. The Bertz CT molecular complexity index is 90.2. The molecular weight excluding hydrogens is 173 g/mol. The van der Waals surface area contributed by atoms with Crippen molar-refractivity contribution in [2.75, 3.05) is 0 Å². The largest absolute Gasteiger partial charge is 0.673 e. The summed E-state index contributed by atoms with van der Waals surface area (Å²) in [5, 5.41) is 3.31. The van der Waals surface area contributed by atoms with Crippen LogP contribution < -0.4 is 5.32 Å². The van der Waals surface area contributed by atoms with Gasteiger partial charge >= 0.3 is 7.25 Å². The van der Waals surface area contributed by atoms with E-state index in [-0.39, 0.29) is 0 Å². The Hall–Kier alpha value is -0.255. The van der Waals surface area contributed by atoms with Gasteiger partial charge in [-0.25, -0.2) is 0 Å². The van der Waals surface area contributed by atoms with E-state index in [0.29, 0.717) is 12.1 Å². The molecule has 0 heterocycles. The number of rotatable bonds is 2. The molecule has 0 unspecified atom stereocenters. The first-order valence-electron chi connectivity index (χ1n) is 3.76. The van der Waals surface area contributed by atoms with E-state index in [0.717, 1.165) is 0 Å². The van der Waals surface area contributed by atoms with Gasteiger partial charge in [0.15, 0.2) is 0 Å². The molecule has 0 aromatic heterocycles. The molecule has 0 saturated heterocycles. The molecule has 0 aromatic carbocycles. The van der Waals surface area contributed by atoms with E-state index >= 15 is 0 Å². The number of halogens is 4. The predicted octanol–water partition coefficient (Wildman–Crippen LogP) is 2.69. The van der Waals surface area contributed by atoms with Gasteiger partial charge in [-0.3, -0.25) is 0 Å². The highest BCUT2D eigenvalue weighted by molar-refractivity contribution is 6.50. The molecule has 0 spiro atoms. The molecule has 1 nitrogen and oxygen atoms in total. The summed E-state index contributed by atoms with van der Waals surface area (Å²) in [7, 11) is -6.00. The summed E-state index contributed by atoms with van der Waals surface area (Å²) in [5.74, 6) is 0. The molecule has 0 fully saturated rings. The van der Waals surface area contributed by atoms with Gasteiger partial charge in [-0.05, 0) is 0 Å². The molecule has 6 heteroatoms. The lowest BCUT2D eigenvalue weighted by molar-refractivity contribution is 0.368. The highest BCUT2D eigenvalue weighted by atomic mass is 19.5. The average Bonchev–Trinajstić information content (AvgIpc) is 1.52. The zero-order valence-corrected chi connectivity index (χ0v) is 7.74. The van der Waals surface area contributed by atoms with E-state index in [4.69, 9.17) is 0 Å². The van der Waals surface area contributed by atoms with E-state index in [9.17, 15) is 17.3 Å². The van der Waals surface area contributed by atoms with Crippen LogP contribution in [0.3, 0.4) is 0 Å². The molecule has 0 aliphatic carbocycles. The van der Waals surface area contributed by atoms with E-state index < -0.39 is 7.25 Å². The summed E-state index contributed by atoms with van der Waals surface area (Å²) < 4.78 is 39.0. The van der Waals surface area contributed by atoms with Crippen LogP contribution in [0.15, 0.2) is 0 Å². The zero-order valence-electron chi connectivity index (χ0n) is 7.74. The van der Waals surface area contributed by atoms with Crippen molar-refractivity contribution in [3.63, 3.8) is 0 Å². The van der Waals surface area contributed by atoms with E-state index in [1.165, 1.54) is 0 Å². The van der Waals surface area contributed by atoms with Gasteiger partial charge in [0.05, 0.1) is 0 Å². The predicted molar refractivity (Wildman–Crippen MR) is 43.6 cm³/mol. The van der Waals surface area contributed by atoms with Crippen LogP contribution in [0.25, 0.3) is 0 Å². The topological polar surface area (TPSA) is 12.0 Å². The lowest BCUT2D eigenvalue weighted by atomic mass is 10.3. The van der Waals surface area contributed by atoms with Gasteiger partial charge in [0, 0.05) is 12.1 Å². The van der Waals surface area contributed by atoms with Gasteiger partial charge < -0.3 is 22.6 Å². The van der Waals surface area contributed by atoms with Crippen LogP contribution >= 0.6 is 0 Å². The summed E-state index contributed by atoms with van der Waals surface area (Å²) in [6, 6.07) is 1.25. The zero-order chi connectivity index (χ0) is 10.4. The Morgan fingerprint density at radius 2 is 1.00 bits per heavy atom. The molecule has 0 bridgehead atoms. The normalized spacial score (nSPS) is 11.5. The van der Waals surface area contributed by atoms with Crippen LogP contribution in [0, 0.1) is 0 Å². The van der Waals surface area contributed by atoms with Crippen LogP contribution in [0.5, 0.6) is 0 Å². The fourth-order valence-corrected chi connectivity index (χ4v) is 0.667. The molecule has 0 amide bonds. The minimum absolute atomic E-state index is 0.625. The van der Waals surface area contributed by atoms with Crippen LogP contribution in [-0.4, -0.2) is 19.3 Å². The molecular formula is C6H15BF4N-. The number of hydrogen-bond donors (Lipinski definition) is 1. The Labute approximate surface area is 70.6 Å². The van der Waals surface area contributed by atoms with Crippen LogP contribution in [0.2, 0.25) is 0 Å². The molecule has 0 radical (unpaired) electrons. The molecule has 0 aliphatic heterocycles. The first-order valence-corrected chi connectivity index (χ1v) is 3.76. The summed E-state index contributed by atoms with van der Waals surface area (Å²) in [6.45, 7) is 8.61. The molecule has 0 aromatic rings. The second-order valence-electron chi connectivity index (χ2n) is 2.97. The molecule has 1 N–H and O–H groups in total. The number of hydrogen-bond acceptors (Lipinski definition) is 1. The van der Waals surface area contributed by atoms with E-state index in [2.05, 4.69) is 33.0 Å². The van der Waals surface area contributed by atoms with Gasteiger partial charge in [-0.1, -0.05) is 27.7 Å². The maximum absolute atomic E-state index is 9.75. The monoisotopic (exact) mass is 188 g/mol. The van der Waals surface area contributed by atoms with Gasteiger partial charge in [0.1, 0.15) is 0 Å². The van der Waals surface area contributed by atoms with Gasteiger partial charge in [-0.15, -0.1) is 0 Å². The minimum atomic E-state index is -6.00. The summed E-state index contributed by atoms with van der Waals surface area (Å²) >= 11 is 0. The highest BCUT2D eigenvalue weighted by Gasteiger charge is 2.20. The van der Waals surface area contributed by atoms with Crippen molar-refractivity contribution in [1.82, 2.24) is 5.32 Å². The van der Waals surface area contributed by atoms with Crippen molar-refractivity contribution < 1.29 is 17.3 Å². The third-order valence-corrected chi connectivity index (χ3v) is 0.667. The Morgan fingerprint density at radius 3 is 1.00 bits per heavy atom. The third kappa shape index (κ3) is 53.1. The molecule has 0 aliphatic rings. The first-order chi connectivity index (χ1) is 5.13. The van der Waals surface area contributed by atoms with Crippen molar-refractivity contribution in [1.29, 1.82) is 0 Å². The third-order valence-electron chi connectivity index (χ3n) is 0.667. The molecule has 0 atom stereocenters. The second kappa shape index (κ2) is 6.28. The Morgan fingerprint density at radius 1 is 0.833 bits per heavy atom. The average molecular weight is 188 g/mol. The first kappa shape index (κ1) is 14.3. The summed E-state index contributed by atoms with van der Waals surface area (Å²) in [5.41, 5.74) is 0. The molecule has 0 saturated carbocycles. The fraction of sp³-hybridized carbons (Fsp3) is 1.00. The lowest BCUT2D eigenvalue weighted by Gasteiger charge is -2.10. The Balaban J connectivity index is 0. The smallest absolute Gasteiger partial charge is 0.418 e. The quantitative estimate of drug-likeness (QED) is 0.518. The van der Waals surface area contributed by atoms with Crippen molar-refractivity contribution in [3.05, 3.63) is 0 Å². The van der Waals surface area contributed by atoms with E-state index in [1.807, 2.05) is 0 Å². The molecule has 76 valence electrons. The van der Waals surface area contributed by atoms with Crippen LogP contribution in [-0.2, 0) is 0 Å². The molecule has 0 rings (SSSR count). The van der Waals surface area contributed by atoms with Gasteiger partial charge in [0.25, 0.3) is 0 Å². The van der Waals surface area contributed by atoms with Crippen molar-refractivity contribution in [3.8, 4) is 0 Å². The lowest BCUT2D eigenvalue weighted by Crippen LogP contribution is -2.29. The second-order valence-corrected chi connectivity index (χ2v) is 2.97. The Kier molecular flexibility index (Phi) is 7.47. The highest BCUT2D eigenvalue weighted by Crippen LogP contribution is 2.06. The standard InChI is InChI=1S/C6H15N.BF4/c1-5(2)7-6(3)4;2-1(3,4)5/h5-7H,1-4H3;/q;-1. The minimum Gasteiger partial charge on any atom is -0.418 e. The van der Waals surface area contributed by atoms with Crippen molar-refractivity contribution in [2.24, 2.45) is 0 Å². The van der Waals surface area contributed by atoms with Gasteiger partial charge in [0.2, 0.25) is 0 Å². The van der Waals surface area contributed by atoms with Crippen molar-refractivity contribution >= 4 is 7.25 Å².